The van der Waals surface area contributed by atoms with Gasteiger partial charge in [0.25, 0.3) is 0 Å². The number of benzene rings is 2. The minimum absolute atomic E-state index is 0.0158. The van der Waals surface area contributed by atoms with Crippen molar-refractivity contribution in [3.63, 3.8) is 0 Å². The Morgan fingerprint density at radius 3 is 2.41 bits per heavy atom. The van der Waals surface area contributed by atoms with Crippen molar-refractivity contribution in [3.05, 3.63) is 58.9 Å². The lowest BCUT2D eigenvalue weighted by molar-refractivity contribution is -0.155. The largest absolute Gasteiger partial charge is 0.481 e. The summed E-state index contributed by atoms with van der Waals surface area (Å²) in [7, 11) is 0. The van der Waals surface area contributed by atoms with Crippen LogP contribution in [0.5, 0.6) is 0 Å². The number of aliphatic hydroxyl groups excluding tert-OH is 1. The van der Waals surface area contributed by atoms with E-state index in [4.69, 9.17) is 11.6 Å². The number of aliphatic carboxylic acids is 1. The van der Waals surface area contributed by atoms with Crippen molar-refractivity contribution in [2.45, 2.75) is 32.7 Å². The molecule has 0 aliphatic carbocycles. The highest BCUT2D eigenvalue weighted by molar-refractivity contribution is 6.32. The molecule has 0 spiro atoms. The summed E-state index contributed by atoms with van der Waals surface area (Å²) in [4.78, 5) is 35.5. The predicted molar refractivity (Wildman–Crippen MR) is 117 cm³/mol. The Hall–Kier alpha value is -2.97. The lowest BCUT2D eigenvalue weighted by atomic mass is 9.82. The molecule has 0 radical (unpaired) electrons. The van der Waals surface area contributed by atoms with Crippen molar-refractivity contribution < 1.29 is 33.7 Å². The molecule has 2 aromatic rings. The number of carboxylic acids is 1. The van der Waals surface area contributed by atoms with E-state index in [2.05, 4.69) is 10.1 Å². The monoisotopic (exact) mass is 465 g/mol. The molecule has 0 saturated carbocycles. The van der Waals surface area contributed by atoms with E-state index in [1.165, 1.54) is 25.1 Å². The lowest BCUT2D eigenvalue weighted by Gasteiger charge is -2.28. The number of nitrogens with one attached hydrogen (secondary N) is 1. The van der Waals surface area contributed by atoms with Gasteiger partial charge in [0.15, 0.2) is 0 Å². The van der Waals surface area contributed by atoms with E-state index in [1.807, 2.05) is 0 Å². The average Bonchev–Trinajstić information content (AvgIpc) is 2.75. The van der Waals surface area contributed by atoms with Crippen LogP contribution in [0.25, 0.3) is 11.1 Å². The number of esters is 1. The second-order valence-electron chi connectivity index (χ2n) is 7.64. The zero-order chi connectivity index (χ0) is 23.9. The summed E-state index contributed by atoms with van der Waals surface area (Å²) in [5.41, 5.74) is 0.0915. The summed E-state index contributed by atoms with van der Waals surface area (Å²) in [6, 6.07) is 10.2. The summed E-state index contributed by atoms with van der Waals surface area (Å²) in [6.45, 7) is 2.27. The van der Waals surface area contributed by atoms with Gasteiger partial charge in [0, 0.05) is 16.6 Å². The van der Waals surface area contributed by atoms with Crippen molar-refractivity contribution >= 4 is 29.4 Å². The smallest absolute Gasteiger partial charge is 0.396 e. The van der Waals surface area contributed by atoms with Crippen LogP contribution in [0.4, 0.5) is 4.39 Å². The lowest BCUT2D eigenvalue weighted by Crippen LogP contribution is -2.46. The van der Waals surface area contributed by atoms with Gasteiger partial charge in [0.1, 0.15) is 5.82 Å². The van der Waals surface area contributed by atoms with E-state index in [0.717, 1.165) is 0 Å². The van der Waals surface area contributed by atoms with Crippen molar-refractivity contribution in [3.8, 4) is 11.1 Å². The van der Waals surface area contributed by atoms with Crippen LogP contribution in [-0.4, -0.2) is 47.3 Å². The Bertz CT molecular complexity index is 981. The molecule has 0 aromatic heterocycles. The molecular formula is C23H25ClFNO6. The molecule has 172 valence electrons. The second kappa shape index (κ2) is 11.1. The van der Waals surface area contributed by atoms with Crippen LogP contribution in [0.2, 0.25) is 5.02 Å². The number of carboxylic acid groups (broad SMARTS) is 1. The maximum absolute atomic E-state index is 14.1. The fourth-order valence-corrected chi connectivity index (χ4v) is 3.37. The molecule has 2 rings (SSSR count). The molecule has 2 atom stereocenters. The van der Waals surface area contributed by atoms with Crippen molar-refractivity contribution in [1.82, 2.24) is 5.32 Å². The van der Waals surface area contributed by atoms with Crippen molar-refractivity contribution in [2.24, 2.45) is 5.41 Å². The molecule has 32 heavy (non-hydrogen) atoms. The summed E-state index contributed by atoms with van der Waals surface area (Å²) in [5, 5.41) is 21.9. The van der Waals surface area contributed by atoms with Crippen LogP contribution in [0.3, 0.4) is 0 Å². The first-order valence-electron chi connectivity index (χ1n) is 9.96. The number of carbonyl (C=O) groups excluding carboxylic acids is 2. The van der Waals surface area contributed by atoms with E-state index < -0.39 is 41.7 Å². The summed E-state index contributed by atoms with van der Waals surface area (Å²) in [5.74, 6) is -3.74. The second-order valence-corrected chi connectivity index (χ2v) is 8.08. The molecule has 2 aromatic carbocycles. The number of aliphatic hydroxyl groups is 1. The van der Waals surface area contributed by atoms with Crippen LogP contribution >= 0.6 is 11.6 Å². The Morgan fingerprint density at radius 1 is 1.19 bits per heavy atom. The number of carbonyl (C=O) groups is 3. The Balaban J connectivity index is 2.25. The van der Waals surface area contributed by atoms with Crippen LogP contribution in [0, 0.1) is 11.2 Å². The number of ether oxygens (including phenoxy) is 1. The van der Waals surface area contributed by atoms with E-state index >= 15 is 0 Å². The molecule has 0 fully saturated rings. The van der Waals surface area contributed by atoms with Gasteiger partial charge >= 0.3 is 17.8 Å². The molecule has 0 heterocycles. The molecule has 7 nitrogen and oxygen atoms in total. The van der Waals surface area contributed by atoms with Crippen LogP contribution in [-0.2, 0) is 25.5 Å². The first-order valence-corrected chi connectivity index (χ1v) is 10.3. The fourth-order valence-electron chi connectivity index (χ4n) is 3.20. The van der Waals surface area contributed by atoms with E-state index in [0.29, 0.717) is 21.7 Å². The standard InChI is InChI=1S/C23H25ClFNO6/c1-3-32-21(29)20(28)26-17(12-23(2,13-27)22(30)31)10-14-4-6-15(7-5-14)18-11-16(24)8-9-19(18)25/h4-9,11,17,27H,3,10,12-13H2,1-2H3,(H,26,28)(H,30,31)/t17-,23?/m1/s1. The molecule has 3 N–H and O–H groups in total. The highest BCUT2D eigenvalue weighted by Crippen LogP contribution is 2.28. The third kappa shape index (κ3) is 6.51. The number of hydrogen-bond donors (Lipinski definition) is 3. The first-order chi connectivity index (χ1) is 15.1. The van der Waals surface area contributed by atoms with Crippen molar-refractivity contribution in [2.75, 3.05) is 13.2 Å². The SMILES string of the molecule is CCOC(=O)C(=O)N[C@H](Cc1ccc(-c2cc(Cl)ccc2F)cc1)CC(C)(CO)C(=O)O. The van der Waals surface area contributed by atoms with Gasteiger partial charge in [-0.2, -0.15) is 0 Å². The number of halogens is 2. The predicted octanol–water partition coefficient (Wildman–Crippen LogP) is 3.21. The Kier molecular flexibility index (Phi) is 8.74. The molecule has 0 saturated heterocycles. The molecule has 0 aliphatic heterocycles. The van der Waals surface area contributed by atoms with Gasteiger partial charge in [-0.15, -0.1) is 0 Å². The quantitative estimate of drug-likeness (QED) is 0.387. The zero-order valence-corrected chi connectivity index (χ0v) is 18.5. The van der Waals surface area contributed by atoms with E-state index in [-0.39, 0.29) is 19.4 Å². The van der Waals surface area contributed by atoms with Gasteiger partial charge in [0.05, 0.1) is 18.6 Å². The molecule has 0 bridgehead atoms. The fraction of sp³-hybridized carbons (Fsp3) is 0.348. The number of rotatable bonds is 9. The zero-order valence-electron chi connectivity index (χ0n) is 17.7. The Labute approximate surface area is 190 Å². The maximum atomic E-state index is 14.1. The third-order valence-electron chi connectivity index (χ3n) is 5.03. The van der Waals surface area contributed by atoms with Gasteiger partial charge in [0.2, 0.25) is 0 Å². The summed E-state index contributed by atoms with van der Waals surface area (Å²) >= 11 is 5.95. The van der Waals surface area contributed by atoms with Crippen LogP contribution < -0.4 is 5.32 Å². The average molecular weight is 466 g/mol. The van der Waals surface area contributed by atoms with Gasteiger partial charge in [-0.1, -0.05) is 35.9 Å². The summed E-state index contributed by atoms with van der Waals surface area (Å²) in [6.07, 6.45) is 0.0426. The molecule has 0 aliphatic rings. The van der Waals surface area contributed by atoms with Crippen LogP contribution in [0.15, 0.2) is 42.5 Å². The minimum atomic E-state index is -1.53. The molecule has 1 amide bonds. The van der Waals surface area contributed by atoms with E-state index in [9.17, 15) is 29.0 Å². The molecule has 9 heteroatoms. The highest BCUT2D eigenvalue weighted by Gasteiger charge is 2.36. The normalized spacial score (nSPS) is 13.7. The first kappa shape index (κ1) is 25.3. The minimum Gasteiger partial charge on any atom is -0.481 e. The number of hydrogen-bond acceptors (Lipinski definition) is 5. The molecule has 1 unspecified atom stereocenters. The topological polar surface area (TPSA) is 113 Å². The van der Waals surface area contributed by atoms with Crippen molar-refractivity contribution in [1.29, 1.82) is 0 Å². The van der Waals surface area contributed by atoms with Crippen LogP contribution in [0.1, 0.15) is 25.8 Å². The molecular weight excluding hydrogens is 441 g/mol. The Morgan fingerprint density at radius 2 is 1.84 bits per heavy atom. The summed E-state index contributed by atoms with van der Waals surface area (Å²) < 4.78 is 18.8. The van der Waals surface area contributed by atoms with Gasteiger partial charge in [-0.25, -0.2) is 9.18 Å². The van der Waals surface area contributed by atoms with Gasteiger partial charge < -0.3 is 20.3 Å². The van der Waals surface area contributed by atoms with Gasteiger partial charge in [-0.3, -0.25) is 9.59 Å². The highest BCUT2D eigenvalue weighted by atomic mass is 35.5. The number of amides is 1. The maximum Gasteiger partial charge on any atom is 0.396 e. The van der Waals surface area contributed by atoms with E-state index in [1.54, 1.807) is 31.2 Å². The third-order valence-corrected chi connectivity index (χ3v) is 5.27. The van der Waals surface area contributed by atoms with Gasteiger partial charge in [-0.05, 0) is 56.0 Å².